The summed E-state index contributed by atoms with van der Waals surface area (Å²) < 4.78 is 11.1. The van der Waals surface area contributed by atoms with Crippen molar-refractivity contribution in [2.75, 3.05) is 11.9 Å². The van der Waals surface area contributed by atoms with Crippen LogP contribution in [-0.2, 0) is 0 Å². The van der Waals surface area contributed by atoms with E-state index in [1.165, 1.54) is 25.7 Å². The Morgan fingerprint density at radius 2 is 1.50 bits per heavy atom. The number of amides is 2. The molecule has 0 radical (unpaired) electrons. The zero-order chi connectivity index (χ0) is 22.2. The third-order valence-corrected chi connectivity index (χ3v) is 5.25. The van der Waals surface area contributed by atoms with E-state index in [9.17, 15) is 4.79 Å². The summed E-state index contributed by atoms with van der Waals surface area (Å²) in [7, 11) is 0. The highest BCUT2D eigenvalue weighted by atomic mass is 16.3. The van der Waals surface area contributed by atoms with E-state index >= 15 is 0 Å². The average molecular weight is 433 g/mol. The van der Waals surface area contributed by atoms with Crippen molar-refractivity contribution >= 4 is 22.8 Å². The molecule has 0 aliphatic rings. The maximum Gasteiger partial charge on any atom is 0.319 e. The highest BCUT2D eigenvalue weighted by Crippen LogP contribution is 2.32. The number of aromatic nitrogens is 2. The molecule has 166 valence electrons. The number of hydrogen-bond acceptors (Lipinski definition) is 5. The smallest absolute Gasteiger partial charge is 0.319 e. The number of nitrogens with one attached hydrogen (secondary N) is 2. The number of rotatable bonds is 10. The Kier molecular flexibility index (Phi) is 7.17. The summed E-state index contributed by atoms with van der Waals surface area (Å²) in [5, 5.41) is 5.80. The molecule has 0 spiro atoms. The van der Waals surface area contributed by atoms with Crippen LogP contribution in [0, 0.1) is 0 Å². The molecule has 2 N–H and O–H groups in total. The molecule has 3 aromatic heterocycles. The zero-order valence-electron chi connectivity index (χ0n) is 18.3. The molecule has 0 bridgehead atoms. The summed E-state index contributed by atoms with van der Waals surface area (Å²) in [6.45, 7) is 2.88. The predicted octanol–water partition coefficient (Wildman–Crippen LogP) is 6.63. The van der Waals surface area contributed by atoms with Crippen molar-refractivity contribution in [2.24, 2.45) is 0 Å². The third-order valence-electron chi connectivity index (χ3n) is 5.25. The largest absolute Gasteiger partial charge is 0.463 e. The fourth-order valence-corrected chi connectivity index (χ4v) is 3.58. The quantitative estimate of drug-likeness (QED) is 0.274. The first-order valence-electron chi connectivity index (χ1n) is 11.2. The van der Waals surface area contributed by atoms with Gasteiger partial charge in [0.1, 0.15) is 11.4 Å². The zero-order valence-corrected chi connectivity index (χ0v) is 18.3. The summed E-state index contributed by atoms with van der Waals surface area (Å²) in [6, 6.07) is 12.5. The number of anilines is 1. The second-order valence-electron chi connectivity index (χ2n) is 7.73. The lowest BCUT2D eigenvalue weighted by Crippen LogP contribution is -2.29. The topological polar surface area (TPSA) is 93.2 Å². The molecule has 0 saturated carbocycles. The number of benzene rings is 1. The standard InChI is InChI=1S/C25H28N4O3/c1-2-3-4-5-6-7-14-26-25(30)27-18-12-13-19-20(17-18)29-24(22-11-9-16-32-22)23(28-19)21-10-8-15-31-21/h8-13,15-17H,2-7,14H2,1H3,(H2,26,27,30). The van der Waals surface area contributed by atoms with Gasteiger partial charge >= 0.3 is 6.03 Å². The Morgan fingerprint density at radius 3 is 2.16 bits per heavy atom. The molecule has 0 fully saturated rings. The van der Waals surface area contributed by atoms with Gasteiger partial charge in [0, 0.05) is 12.2 Å². The van der Waals surface area contributed by atoms with Crippen LogP contribution < -0.4 is 10.6 Å². The fraction of sp³-hybridized carbons (Fsp3) is 0.320. The molecule has 3 heterocycles. The summed E-state index contributed by atoms with van der Waals surface area (Å²) in [5.41, 5.74) is 3.20. The molecule has 4 rings (SSSR count). The Hall–Kier alpha value is -3.61. The van der Waals surface area contributed by atoms with E-state index in [1.54, 1.807) is 18.6 Å². The molecule has 0 saturated heterocycles. The molecule has 0 unspecified atom stereocenters. The van der Waals surface area contributed by atoms with E-state index in [2.05, 4.69) is 17.6 Å². The van der Waals surface area contributed by atoms with Gasteiger partial charge in [0.05, 0.1) is 23.6 Å². The summed E-state index contributed by atoms with van der Waals surface area (Å²) in [4.78, 5) is 21.8. The number of urea groups is 1. The van der Waals surface area contributed by atoms with Gasteiger partial charge in [-0.15, -0.1) is 0 Å². The van der Waals surface area contributed by atoms with Crippen molar-refractivity contribution < 1.29 is 13.6 Å². The highest BCUT2D eigenvalue weighted by Gasteiger charge is 2.17. The SMILES string of the molecule is CCCCCCCCNC(=O)Nc1ccc2nc(-c3ccco3)c(-c3ccco3)nc2c1. The molecule has 1 aromatic carbocycles. The highest BCUT2D eigenvalue weighted by molar-refractivity contribution is 5.92. The molecule has 0 aliphatic heterocycles. The summed E-state index contributed by atoms with van der Waals surface area (Å²) >= 11 is 0. The van der Waals surface area contributed by atoms with E-state index in [4.69, 9.17) is 18.8 Å². The molecule has 0 aliphatic carbocycles. The van der Waals surface area contributed by atoms with E-state index < -0.39 is 0 Å². The molecule has 7 heteroatoms. The number of unbranched alkanes of at least 4 members (excludes halogenated alkanes) is 5. The second-order valence-corrected chi connectivity index (χ2v) is 7.73. The molecule has 0 atom stereocenters. The Morgan fingerprint density at radius 1 is 0.844 bits per heavy atom. The minimum absolute atomic E-state index is 0.218. The van der Waals surface area contributed by atoms with Crippen LogP contribution in [0.4, 0.5) is 10.5 Å². The van der Waals surface area contributed by atoms with E-state index in [1.807, 2.05) is 36.4 Å². The monoisotopic (exact) mass is 432 g/mol. The van der Waals surface area contributed by atoms with Crippen LogP contribution in [0.3, 0.4) is 0 Å². The van der Waals surface area contributed by atoms with Crippen molar-refractivity contribution in [3.63, 3.8) is 0 Å². The first kappa shape index (κ1) is 21.6. The lowest BCUT2D eigenvalue weighted by molar-refractivity contribution is 0.252. The Labute approximate surface area is 187 Å². The van der Waals surface area contributed by atoms with Gasteiger partial charge in [0.15, 0.2) is 11.5 Å². The van der Waals surface area contributed by atoms with Gasteiger partial charge in [0.25, 0.3) is 0 Å². The van der Waals surface area contributed by atoms with E-state index in [-0.39, 0.29) is 6.03 Å². The van der Waals surface area contributed by atoms with Gasteiger partial charge in [-0.3, -0.25) is 0 Å². The average Bonchev–Trinajstić information content (AvgIpc) is 3.52. The van der Waals surface area contributed by atoms with Gasteiger partial charge < -0.3 is 19.5 Å². The van der Waals surface area contributed by atoms with Crippen LogP contribution in [-0.4, -0.2) is 22.5 Å². The molecule has 7 nitrogen and oxygen atoms in total. The van der Waals surface area contributed by atoms with E-state index in [0.29, 0.717) is 46.2 Å². The number of furan rings is 2. The van der Waals surface area contributed by atoms with Gasteiger partial charge in [-0.2, -0.15) is 0 Å². The lowest BCUT2D eigenvalue weighted by Gasteiger charge is -2.10. The summed E-state index contributed by atoms with van der Waals surface area (Å²) in [6.07, 6.45) is 10.3. The van der Waals surface area contributed by atoms with Gasteiger partial charge in [-0.05, 0) is 48.9 Å². The van der Waals surface area contributed by atoms with Crippen LogP contribution >= 0.6 is 0 Å². The molecule has 4 aromatic rings. The van der Waals surface area contributed by atoms with Crippen molar-refractivity contribution in [1.29, 1.82) is 0 Å². The van der Waals surface area contributed by atoms with Gasteiger partial charge in [-0.1, -0.05) is 39.0 Å². The first-order valence-corrected chi connectivity index (χ1v) is 11.2. The van der Waals surface area contributed by atoms with Gasteiger partial charge in [0.2, 0.25) is 0 Å². The fourth-order valence-electron chi connectivity index (χ4n) is 3.58. The number of hydrogen-bond donors (Lipinski definition) is 2. The minimum Gasteiger partial charge on any atom is -0.463 e. The van der Waals surface area contributed by atoms with Gasteiger partial charge in [-0.25, -0.2) is 14.8 Å². The number of fused-ring (bicyclic) bond motifs is 1. The molecular formula is C25H28N4O3. The Balaban J connectivity index is 1.46. The maximum atomic E-state index is 12.3. The number of carbonyl (C=O) groups is 1. The maximum absolute atomic E-state index is 12.3. The van der Waals surface area contributed by atoms with Crippen LogP contribution in [0.25, 0.3) is 33.9 Å². The second kappa shape index (κ2) is 10.6. The van der Waals surface area contributed by atoms with Crippen molar-refractivity contribution in [3.8, 4) is 22.9 Å². The van der Waals surface area contributed by atoms with Crippen molar-refractivity contribution in [1.82, 2.24) is 15.3 Å². The minimum atomic E-state index is -0.218. The predicted molar refractivity (Wildman–Crippen MR) is 125 cm³/mol. The van der Waals surface area contributed by atoms with E-state index in [0.717, 1.165) is 12.8 Å². The first-order chi connectivity index (χ1) is 15.7. The summed E-state index contributed by atoms with van der Waals surface area (Å²) in [5.74, 6) is 1.21. The number of nitrogens with zero attached hydrogens (tertiary/aromatic N) is 2. The molecule has 32 heavy (non-hydrogen) atoms. The van der Waals surface area contributed by atoms with Crippen LogP contribution in [0.2, 0.25) is 0 Å². The normalized spacial score (nSPS) is 11.0. The van der Waals surface area contributed by atoms with Crippen molar-refractivity contribution in [3.05, 3.63) is 55.0 Å². The molecular weight excluding hydrogens is 404 g/mol. The number of carbonyl (C=O) groups excluding carboxylic acids is 1. The lowest BCUT2D eigenvalue weighted by atomic mass is 10.1. The van der Waals surface area contributed by atoms with Crippen LogP contribution in [0.15, 0.2) is 63.8 Å². The van der Waals surface area contributed by atoms with Crippen LogP contribution in [0.5, 0.6) is 0 Å². The Bertz CT molecular complexity index is 1140. The van der Waals surface area contributed by atoms with Crippen LogP contribution in [0.1, 0.15) is 45.4 Å². The third kappa shape index (κ3) is 5.35. The van der Waals surface area contributed by atoms with Crippen molar-refractivity contribution in [2.45, 2.75) is 45.4 Å². The molecule has 2 amide bonds.